The molecule has 0 bridgehead atoms. The minimum Gasteiger partial charge on any atom is -0.670 e. The van der Waals surface area contributed by atoms with Gasteiger partial charge in [-0.05, 0) is 0 Å². The summed E-state index contributed by atoms with van der Waals surface area (Å²) in [5, 5.41) is 19.7. The fourth-order valence-electron chi connectivity index (χ4n) is 0.809. The number of primary amides is 2. The zero-order valence-corrected chi connectivity index (χ0v) is 12.5. The molecular formula is C10H16N4O6Pd-2. The van der Waals surface area contributed by atoms with Gasteiger partial charge in [-0.15, -0.1) is 0 Å². The monoisotopic (exact) mass is 394 g/mol. The predicted octanol–water partition coefficient (Wildman–Crippen LogP) is -3.16. The van der Waals surface area contributed by atoms with Gasteiger partial charge in [-0.3, -0.25) is 9.59 Å². The van der Waals surface area contributed by atoms with Gasteiger partial charge in [-0.2, -0.15) is 0 Å². The van der Waals surface area contributed by atoms with Gasteiger partial charge in [-0.25, -0.2) is 0 Å². The number of hydrogen-bond acceptors (Lipinski definition) is 6. The second-order valence-electron chi connectivity index (χ2n) is 3.75. The molecule has 0 spiro atoms. The van der Waals surface area contributed by atoms with E-state index >= 15 is 0 Å². The van der Waals surface area contributed by atoms with Crippen molar-refractivity contribution in [1.82, 2.24) is 0 Å². The number of nitrogens with one attached hydrogen (secondary N) is 2. The van der Waals surface area contributed by atoms with Crippen LogP contribution in [0.15, 0.2) is 0 Å². The van der Waals surface area contributed by atoms with Crippen LogP contribution in [0.3, 0.4) is 0 Å². The topological polar surface area (TPSA) is 214 Å². The molecule has 0 aromatic rings. The Morgan fingerprint density at radius 2 is 1.05 bits per heavy atom. The molecule has 0 aromatic heterocycles. The van der Waals surface area contributed by atoms with Crippen LogP contribution in [0.4, 0.5) is 0 Å². The summed E-state index contributed by atoms with van der Waals surface area (Å²) in [7, 11) is 0. The first-order valence-electron chi connectivity index (χ1n) is 5.48. The number of carbonyl (C=O) groups is 4. The summed E-state index contributed by atoms with van der Waals surface area (Å²) < 4.78 is 0. The van der Waals surface area contributed by atoms with E-state index in [2.05, 4.69) is 0 Å². The number of carbonyl (C=O) groups excluding carboxylic acids is 4. The number of amides is 2. The molecular weight excluding hydrogens is 379 g/mol. The molecule has 2 atom stereocenters. The molecule has 0 radical (unpaired) electrons. The molecule has 0 rings (SSSR count). The Labute approximate surface area is 134 Å². The summed E-state index contributed by atoms with van der Waals surface area (Å²) >= 11 is 0. The smallest absolute Gasteiger partial charge is 0.670 e. The number of nitrogens with two attached hydrogens (primary N) is 2. The number of carboxylic acids is 2. The zero-order valence-electron chi connectivity index (χ0n) is 10.9. The van der Waals surface area contributed by atoms with Crippen molar-refractivity contribution in [3.8, 4) is 0 Å². The summed E-state index contributed by atoms with van der Waals surface area (Å²) in [6.45, 7) is 0. The molecule has 0 aliphatic carbocycles. The second-order valence-corrected chi connectivity index (χ2v) is 3.75. The van der Waals surface area contributed by atoms with E-state index in [1.165, 1.54) is 0 Å². The fourth-order valence-corrected chi connectivity index (χ4v) is 0.809. The van der Waals surface area contributed by atoms with Gasteiger partial charge in [0, 0.05) is 24.8 Å². The first kappa shape index (κ1) is 24.5. The van der Waals surface area contributed by atoms with Crippen LogP contribution < -0.4 is 21.7 Å². The maximum Gasteiger partial charge on any atom is 2.00 e. The van der Waals surface area contributed by atoms with Crippen molar-refractivity contribution in [3.63, 3.8) is 0 Å². The van der Waals surface area contributed by atoms with Crippen molar-refractivity contribution in [1.29, 1.82) is 0 Å². The van der Waals surface area contributed by atoms with Gasteiger partial charge in [0.05, 0.1) is 0 Å². The molecule has 10 nitrogen and oxygen atoms in total. The summed E-state index contributed by atoms with van der Waals surface area (Å²) in [6.07, 6.45) is -0.306. The van der Waals surface area contributed by atoms with E-state index in [9.17, 15) is 29.4 Å². The Balaban J connectivity index is -0.000000295. The van der Waals surface area contributed by atoms with E-state index in [1.807, 2.05) is 0 Å². The molecule has 0 saturated carbocycles. The van der Waals surface area contributed by atoms with Crippen LogP contribution in [-0.4, -0.2) is 35.8 Å². The third kappa shape index (κ3) is 18.5. The van der Waals surface area contributed by atoms with Crippen LogP contribution in [0.5, 0.6) is 0 Å². The standard InChI is InChI=1S/2C5H9N2O3.Pd/c2*6-3(5(9)10)1-2-4(7)8;/h2*3,6H,1-2H2,(H2,7,8)(H,9,10);/q2*-1;+2/p-2/t2*3-;/m00./s1. The minimum atomic E-state index is -1.47. The molecule has 0 aliphatic heterocycles. The molecule has 0 heterocycles. The van der Waals surface area contributed by atoms with Crippen molar-refractivity contribution in [2.24, 2.45) is 11.5 Å². The van der Waals surface area contributed by atoms with E-state index in [1.54, 1.807) is 0 Å². The number of hydrogen-bond donors (Lipinski definition) is 2. The van der Waals surface area contributed by atoms with Gasteiger partial charge in [-0.1, -0.05) is 24.9 Å². The Kier molecular flexibility index (Phi) is 15.7. The van der Waals surface area contributed by atoms with E-state index in [4.69, 9.17) is 22.9 Å². The van der Waals surface area contributed by atoms with Crippen molar-refractivity contribution < 1.29 is 49.8 Å². The normalized spacial score (nSPS) is 11.9. The van der Waals surface area contributed by atoms with E-state index in [0.29, 0.717) is 0 Å². The predicted molar refractivity (Wildman–Crippen MR) is 63.1 cm³/mol. The zero-order chi connectivity index (χ0) is 16.3. The molecule has 0 aromatic carbocycles. The van der Waals surface area contributed by atoms with E-state index in [0.717, 1.165) is 0 Å². The van der Waals surface area contributed by atoms with Crippen molar-refractivity contribution in [2.75, 3.05) is 0 Å². The van der Waals surface area contributed by atoms with Crippen molar-refractivity contribution in [2.45, 2.75) is 37.8 Å². The van der Waals surface area contributed by atoms with Crippen LogP contribution in [0.1, 0.15) is 25.7 Å². The maximum atomic E-state index is 10.1. The van der Waals surface area contributed by atoms with Gasteiger partial charge in [0.2, 0.25) is 11.8 Å². The summed E-state index contributed by atoms with van der Waals surface area (Å²) in [4.78, 5) is 39.8. The first-order chi connectivity index (χ1) is 9.07. The van der Waals surface area contributed by atoms with Gasteiger partial charge in [0.1, 0.15) is 0 Å². The maximum absolute atomic E-state index is 10.1. The molecule has 0 aliphatic rings. The van der Waals surface area contributed by atoms with Gasteiger partial charge < -0.3 is 42.7 Å². The fraction of sp³-hybridized carbons (Fsp3) is 0.600. The molecule has 0 unspecified atom stereocenters. The Hall–Kier alpha value is -1.54. The van der Waals surface area contributed by atoms with Crippen LogP contribution in [0, 0.1) is 0 Å². The number of aliphatic carboxylic acids is 2. The Bertz CT molecular complexity index is 331. The summed E-state index contributed by atoms with van der Waals surface area (Å²) in [6, 6.07) is -2.68. The molecule has 0 saturated heterocycles. The molecule has 124 valence electrons. The van der Waals surface area contributed by atoms with Gasteiger partial charge in [0.15, 0.2) is 0 Å². The molecule has 21 heavy (non-hydrogen) atoms. The third-order valence-electron chi connectivity index (χ3n) is 1.93. The second kappa shape index (κ2) is 13.4. The molecule has 0 fully saturated rings. The van der Waals surface area contributed by atoms with Crippen LogP contribution in [-0.2, 0) is 39.6 Å². The average molecular weight is 395 g/mol. The summed E-state index contributed by atoms with van der Waals surface area (Å²) in [5.41, 5.74) is 22.9. The van der Waals surface area contributed by atoms with Gasteiger partial charge >= 0.3 is 20.4 Å². The minimum absolute atomic E-state index is 0. The third-order valence-corrected chi connectivity index (χ3v) is 1.93. The van der Waals surface area contributed by atoms with Crippen molar-refractivity contribution in [3.05, 3.63) is 11.5 Å². The van der Waals surface area contributed by atoms with Crippen LogP contribution in [0.2, 0.25) is 0 Å². The molecule has 11 heteroatoms. The molecule has 2 amide bonds. The SMILES string of the molecule is [NH-][C@@H](CCC(N)=O)C(=O)[O-].[NH-][C@@H](CCC(N)=O)C(=O)[O-].[Pd+2]. The van der Waals surface area contributed by atoms with E-state index in [-0.39, 0.29) is 46.1 Å². The first-order valence-corrected chi connectivity index (χ1v) is 5.48. The Morgan fingerprint density at radius 3 is 1.19 bits per heavy atom. The van der Waals surface area contributed by atoms with Crippen LogP contribution in [0.25, 0.3) is 11.5 Å². The number of rotatable bonds is 8. The van der Waals surface area contributed by atoms with E-state index < -0.39 is 35.8 Å². The quantitative estimate of drug-likeness (QED) is 0.405. The van der Waals surface area contributed by atoms with Crippen molar-refractivity contribution >= 4 is 23.8 Å². The molecule has 6 N–H and O–H groups in total. The van der Waals surface area contributed by atoms with Gasteiger partial charge in [0.25, 0.3) is 0 Å². The number of carboxylic acid groups (broad SMARTS) is 2. The largest absolute Gasteiger partial charge is 2.00 e. The Morgan fingerprint density at radius 1 is 0.810 bits per heavy atom. The van der Waals surface area contributed by atoms with Crippen LogP contribution >= 0.6 is 0 Å². The summed E-state index contributed by atoms with van der Waals surface area (Å²) in [5.74, 6) is -4.14. The average Bonchev–Trinajstić information content (AvgIpc) is 2.33.